The van der Waals surface area contributed by atoms with Gasteiger partial charge in [0.2, 0.25) is 6.79 Å². The Bertz CT molecular complexity index is 1130. The molecule has 0 radical (unpaired) electrons. The third-order valence-electron chi connectivity index (χ3n) is 5.52. The van der Waals surface area contributed by atoms with Gasteiger partial charge in [-0.25, -0.2) is 4.98 Å². The average molecular weight is 451 g/mol. The number of ether oxygens (including phenoxy) is 2. The number of nitrogens with zero attached hydrogens (tertiary/aromatic N) is 3. The molecule has 0 unspecified atom stereocenters. The van der Waals surface area contributed by atoms with Crippen molar-refractivity contribution in [2.24, 2.45) is 0 Å². The second kappa shape index (κ2) is 8.88. The summed E-state index contributed by atoms with van der Waals surface area (Å²) in [6.45, 7) is 3.01. The summed E-state index contributed by atoms with van der Waals surface area (Å²) in [6.07, 6.45) is 1.69. The first-order valence-electron chi connectivity index (χ1n) is 10.4. The number of pyridine rings is 1. The molecule has 2 aliphatic heterocycles. The molecule has 2 amide bonds. The van der Waals surface area contributed by atoms with E-state index in [9.17, 15) is 9.59 Å². The first-order chi connectivity index (χ1) is 15.7. The smallest absolute Gasteiger partial charge is 0.264 e. The highest BCUT2D eigenvalue weighted by Crippen LogP contribution is 2.32. The van der Waals surface area contributed by atoms with E-state index in [1.807, 2.05) is 40.6 Å². The molecule has 164 valence electrons. The number of hydrogen-bond donors (Lipinski definition) is 1. The van der Waals surface area contributed by atoms with Gasteiger partial charge in [0.15, 0.2) is 11.5 Å². The second-order valence-electron chi connectivity index (χ2n) is 7.50. The number of nitrogens with one attached hydrogen (secondary N) is 1. The Morgan fingerprint density at radius 1 is 1.03 bits per heavy atom. The van der Waals surface area contributed by atoms with Crippen molar-refractivity contribution in [3.63, 3.8) is 0 Å². The molecule has 2 aliphatic rings. The van der Waals surface area contributed by atoms with Gasteiger partial charge in [-0.15, -0.1) is 11.3 Å². The van der Waals surface area contributed by atoms with Crippen molar-refractivity contribution in [1.29, 1.82) is 0 Å². The number of hydrogen-bond acceptors (Lipinski definition) is 7. The van der Waals surface area contributed by atoms with E-state index in [0.29, 0.717) is 55.6 Å². The summed E-state index contributed by atoms with van der Waals surface area (Å²) in [6, 6.07) is 12.9. The summed E-state index contributed by atoms with van der Waals surface area (Å²) in [5.74, 6) is 1.91. The van der Waals surface area contributed by atoms with Gasteiger partial charge in [-0.05, 0) is 41.3 Å². The van der Waals surface area contributed by atoms with Gasteiger partial charge < -0.3 is 24.6 Å². The Balaban J connectivity index is 1.23. The molecule has 1 fully saturated rings. The number of rotatable bonds is 5. The molecule has 0 bridgehead atoms. The van der Waals surface area contributed by atoms with Crippen LogP contribution in [0.25, 0.3) is 0 Å². The maximum Gasteiger partial charge on any atom is 0.264 e. The molecule has 9 heteroatoms. The third kappa shape index (κ3) is 4.11. The van der Waals surface area contributed by atoms with Crippen LogP contribution in [0.2, 0.25) is 0 Å². The number of anilines is 1. The maximum absolute atomic E-state index is 12.9. The minimum absolute atomic E-state index is 0.0577. The highest BCUT2D eigenvalue weighted by molar-refractivity contribution is 7.12. The fourth-order valence-electron chi connectivity index (χ4n) is 3.83. The van der Waals surface area contributed by atoms with Crippen molar-refractivity contribution in [2.75, 3.05) is 37.9 Å². The monoisotopic (exact) mass is 450 g/mol. The van der Waals surface area contributed by atoms with Gasteiger partial charge in [0.05, 0.1) is 10.4 Å². The molecule has 5 rings (SSSR count). The summed E-state index contributed by atoms with van der Waals surface area (Å²) in [5.41, 5.74) is 1.44. The zero-order valence-corrected chi connectivity index (χ0v) is 18.1. The fraction of sp³-hybridized carbons (Fsp3) is 0.261. The molecule has 8 nitrogen and oxygen atoms in total. The summed E-state index contributed by atoms with van der Waals surface area (Å²) in [7, 11) is 0. The van der Waals surface area contributed by atoms with Crippen molar-refractivity contribution in [1.82, 2.24) is 15.2 Å². The van der Waals surface area contributed by atoms with Crippen LogP contribution in [0.4, 0.5) is 5.82 Å². The molecule has 0 saturated carbocycles. The van der Waals surface area contributed by atoms with Gasteiger partial charge in [-0.3, -0.25) is 9.59 Å². The van der Waals surface area contributed by atoms with Crippen molar-refractivity contribution < 1.29 is 19.1 Å². The number of carbonyl (C=O) groups is 2. The molecule has 1 N–H and O–H groups in total. The van der Waals surface area contributed by atoms with E-state index in [1.165, 1.54) is 11.3 Å². The summed E-state index contributed by atoms with van der Waals surface area (Å²) >= 11 is 1.45. The van der Waals surface area contributed by atoms with Gasteiger partial charge in [0, 0.05) is 38.9 Å². The lowest BCUT2D eigenvalue weighted by molar-refractivity contribution is 0.0750. The summed E-state index contributed by atoms with van der Waals surface area (Å²) < 4.78 is 10.7. The van der Waals surface area contributed by atoms with Crippen LogP contribution < -0.4 is 19.7 Å². The molecule has 2 aromatic heterocycles. The van der Waals surface area contributed by atoms with Crippen LogP contribution in [0.3, 0.4) is 0 Å². The lowest BCUT2D eigenvalue weighted by Gasteiger charge is -2.35. The van der Waals surface area contributed by atoms with E-state index in [0.717, 1.165) is 10.4 Å². The van der Waals surface area contributed by atoms with E-state index >= 15 is 0 Å². The minimum atomic E-state index is -0.192. The van der Waals surface area contributed by atoms with Crippen molar-refractivity contribution in [2.45, 2.75) is 6.54 Å². The van der Waals surface area contributed by atoms with Gasteiger partial charge in [-0.2, -0.15) is 0 Å². The molecule has 0 atom stereocenters. The Morgan fingerprint density at radius 2 is 1.88 bits per heavy atom. The largest absolute Gasteiger partial charge is 0.454 e. The van der Waals surface area contributed by atoms with Crippen LogP contribution in [0.1, 0.15) is 25.6 Å². The number of thiophene rings is 1. The van der Waals surface area contributed by atoms with Crippen LogP contribution in [0, 0.1) is 0 Å². The minimum Gasteiger partial charge on any atom is -0.454 e. The lowest BCUT2D eigenvalue weighted by atomic mass is 10.1. The molecule has 32 heavy (non-hydrogen) atoms. The fourth-order valence-corrected chi connectivity index (χ4v) is 4.52. The summed E-state index contributed by atoms with van der Waals surface area (Å²) in [4.78, 5) is 34.7. The Kier molecular flexibility index (Phi) is 5.64. The highest BCUT2D eigenvalue weighted by Gasteiger charge is 2.26. The lowest BCUT2D eigenvalue weighted by Crippen LogP contribution is -2.49. The molecule has 4 heterocycles. The first-order valence-corrected chi connectivity index (χ1v) is 11.3. The molecule has 3 aromatic rings. The van der Waals surface area contributed by atoms with Crippen molar-refractivity contribution >= 4 is 29.0 Å². The topological polar surface area (TPSA) is 84.0 Å². The molecule has 1 saturated heterocycles. The van der Waals surface area contributed by atoms with E-state index in [-0.39, 0.29) is 18.6 Å². The SMILES string of the molecule is O=C(NCc1ccc2c(c1)OCO2)c1cccnc1N1CCN(C(=O)c2cccs2)CC1. The summed E-state index contributed by atoms with van der Waals surface area (Å²) in [5, 5.41) is 4.87. The first kappa shape index (κ1) is 20.3. The highest BCUT2D eigenvalue weighted by atomic mass is 32.1. The normalized spacial score (nSPS) is 15.0. The maximum atomic E-state index is 12.9. The van der Waals surface area contributed by atoms with Crippen molar-refractivity contribution in [3.05, 3.63) is 70.0 Å². The number of piperazine rings is 1. The molecular weight excluding hydrogens is 428 g/mol. The number of amides is 2. The Hall–Kier alpha value is -3.59. The number of fused-ring (bicyclic) bond motifs is 1. The molecule has 1 aromatic carbocycles. The van der Waals surface area contributed by atoms with E-state index in [1.54, 1.807) is 18.3 Å². The second-order valence-corrected chi connectivity index (χ2v) is 8.45. The third-order valence-corrected chi connectivity index (χ3v) is 6.38. The van der Waals surface area contributed by atoms with E-state index in [4.69, 9.17) is 9.47 Å². The van der Waals surface area contributed by atoms with Gasteiger partial charge in [0.25, 0.3) is 11.8 Å². The average Bonchev–Trinajstić information content (AvgIpc) is 3.54. The molecule has 0 aliphatic carbocycles. The van der Waals surface area contributed by atoms with E-state index < -0.39 is 0 Å². The standard InChI is InChI=1S/C23H22N4O4S/c28-22(25-14-16-5-6-18-19(13-16)31-15-30-18)17-3-1-7-24-21(17)26-8-10-27(11-9-26)23(29)20-4-2-12-32-20/h1-7,12-13H,8-11,14-15H2,(H,25,28). The predicted molar refractivity (Wildman–Crippen MR) is 120 cm³/mol. The predicted octanol–water partition coefficient (Wildman–Crippen LogP) is 2.76. The number of carbonyl (C=O) groups excluding carboxylic acids is 2. The van der Waals surface area contributed by atoms with Gasteiger partial charge in [-0.1, -0.05) is 12.1 Å². The van der Waals surface area contributed by atoms with Crippen LogP contribution >= 0.6 is 11.3 Å². The van der Waals surface area contributed by atoms with Crippen molar-refractivity contribution in [3.8, 4) is 11.5 Å². The van der Waals surface area contributed by atoms with Crippen LogP contribution in [0.5, 0.6) is 11.5 Å². The number of benzene rings is 1. The van der Waals surface area contributed by atoms with E-state index in [2.05, 4.69) is 15.2 Å². The van der Waals surface area contributed by atoms with Crippen LogP contribution in [0.15, 0.2) is 54.0 Å². The zero-order chi connectivity index (χ0) is 21.9. The Labute approximate surface area is 189 Å². The quantitative estimate of drug-likeness (QED) is 0.644. The van der Waals surface area contributed by atoms with Gasteiger partial charge in [0.1, 0.15) is 5.82 Å². The Morgan fingerprint density at radius 3 is 2.69 bits per heavy atom. The molecular formula is C23H22N4O4S. The zero-order valence-electron chi connectivity index (χ0n) is 17.3. The van der Waals surface area contributed by atoms with Crippen LogP contribution in [-0.2, 0) is 6.54 Å². The van der Waals surface area contributed by atoms with Crippen LogP contribution in [-0.4, -0.2) is 54.7 Å². The molecule has 0 spiro atoms. The number of aromatic nitrogens is 1. The van der Waals surface area contributed by atoms with Gasteiger partial charge >= 0.3 is 0 Å².